The molecule has 0 atom stereocenters. The maximum atomic E-state index is 12.7. The molecule has 0 unspecified atom stereocenters. The van der Waals surface area contributed by atoms with E-state index in [1.807, 2.05) is 26.0 Å². The minimum Gasteiger partial charge on any atom is -0.506 e. The standard InChI is InChI=1S/C22H20O6.C2H6O/c1-22(2)10-9-14-15(28-22)11-16-18(20(14)26-4)19(23)17(21(24)27-16)12-5-7-13(25-3)8-6-12;1-3-2/h5-11,23H,1-4H3;1-2H3. The molecule has 0 amide bonds. The SMILES string of the molecule is COC.COc1ccc(-c2c(O)c3c(OC)c4c(cc3oc2=O)OC(C)(C)C=C4)cc1. The molecule has 4 rings (SSSR count). The minimum atomic E-state index is -0.650. The first-order valence-corrected chi connectivity index (χ1v) is 9.59. The Bertz CT molecular complexity index is 1170. The molecule has 1 N–H and O–H groups in total. The largest absolute Gasteiger partial charge is 0.506 e. The molecule has 0 aliphatic carbocycles. The maximum Gasteiger partial charge on any atom is 0.347 e. The fourth-order valence-electron chi connectivity index (χ4n) is 3.37. The Labute approximate surface area is 180 Å². The van der Waals surface area contributed by atoms with Crippen molar-refractivity contribution in [1.29, 1.82) is 0 Å². The van der Waals surface area contributed by atoms with Gasteiger partial charge in [0.15, 0.2) is 0 Å². The van der Waals surface area contributed by atoms with E-state index in [1.54, 1.807) is 51.7 Å². The first-order chi connectivity index (χ1) is 14.8. The van der Waals surface area contributed by atoms with Gasteiger partial charge in [0.05, 0.1) is 19.8 Å². The van der Waals surface area contributed by atoms with Crippen molar-refractivity contribution in [2.24, 2.45) is 0 Å². The van der Waals surface area contributed by atoms with Crippen molar-refractivity contribution in [3.8, 4) is 34.1 Å². The number of aromatic hydroxyl groups is 1. The Kier molecular flexibility index (Phi) is 6.27. The molecule has 2 heterocycles. The fraction of sp³-hybridized carbons (Fsp3) is 0.292. The lowest BCUT2D eigenvalue weighted by Gasteiger charge is -2.29. The van der Waals surface area contributed by atoms with Crippen LogP contribution in [0, 0.1) is 0 Å². The summed E-state index contributed by atoms with van der Waals surface area (Å²) in [6, 6.07) is 8.40. The van der Waals surface area contributed by atoms with E-state index >= 15 is 0 Å². The minimum absolute atomic E-state index is 0.0643. The third-order valence-corrected chi connectivity index (χ3v) is 4.73. The van der Waals surface area contributed by atoms with Crippen LogP contribution >= 0.6 is 0 Å². The van der Waals surface area contributed by atoms with E-state index in [1.165, 1.54) is 7.11 Å². The number of methoxy groups -OCH3 is 3. The normalized spacial score (nSPS) is 13.6. The van der Waals surface area contributed by atoms with Crippen LogP contribution in [0.15, 0.2) is 45.6 Å². The van der Waals surface area contributed by atoms with Crippen molar-refractivity contribution in [1.82, 2.24) is 0 Å². The van der Waals surface area contributed by atoms with E-state index in [0.29, 0.717) is 33.8 Å². The van der Waals surface area contributed by atoms with Crippen molar-refractivity contribution in [3.63, 3.8) is 0 Å². The van der Waals surface area contributed by atoms with Gasteiger partial charge in [-0.25, -0.2) is 4.79 Å². The van der Waals surface area contributed by atoms with E-state index in [9.17, 15) is 9.90 Å². The molecule has 164 valence electrons. The molecule has 0 radical (unpaired) electrons. The average Bonchev–Trinajstić information content (AvgIpc) is 2.72. The van der Waals surface area contributed by atoms with Gasteiger partial charge in [-0.3, -0.25) is 0 Å². The van der Waals surface area contributed by atoms with E-state index in [4.69, 9.17) is 18.6 Å². The van der Waals surface area contributed by atoms with Crippen LogP contribution in [0.25, 0.3) is 28.2 Å². The summed E-state index contributed by atoms with van der Waals surface area (Å²) in [4.78, 5) is 12.7. The van der Waals surface area contributed by atoms with E-state index < -0.39 is 11.2 Å². The van der Waals surface area contributed by atoms with Crippen LogP contribution in [-0.2, 0) is 4.74 Å². The van der Waals surface area contributed by atoms with Gasteiger partial charge in [0, 0.05) is 20.3 Å². The van der Waals surface area contributed by atoms with Crippen molar-refractivity contribution in [3.05, 3.63) is 52.4 Å². The quantitative estimate of drug-likeness (QED) is 0.611. The summed E-state index contributed by atoms with van der Waals surface area (Å²) < 4.78 is 26.5. The molecule has 0 fully saturated rings. The van der Waals surface area contributed by atoms with Crippen LogP contribution in [0.2, 0.25) is 0 Å². The van der Waals surface area contributed by atoms with Crippen LogP contribution in [-0.4, -0.2) is 39.1 Å². The topological polar surface area (TPSA) is 87.4 Å². The highest BCUT2D eigenvalue weighted by molar-refractivity contribution is 5.99. The first kappa shape index (κ1) is 22.2. The number of hydrogen-bond acceptors (Lipinski definition) is 7. The summed E-state index contributed by atoms with van der Waals surface area (Å²) >= 11 is 0. The number of hydrogen-bond donors (Lipinski definition) is 1. The van der Waals surface area contributed by atoms with Gasteiger partial charge in [-0.15, -0.1) is 0 Å². The molecule has 2 aromatic carbocycles. The summed E-state index contributed by atoms with van der Waals surface area (Å²) in [7, 11) is 6.31. The van der Waals surface area contributed by atoms with Crippen LogP contribution in [0.3, 0.4) is 0 Å². The maximum absolute atomic E-state index is 12.7. The number of benzene rings is 2. The van der Waals surface area contributed by atoms with E-state index in [2.05, 4.69) is 4.74 Å². The molecule has 7 heteroatoms. The van der Waals surface area contributed by atoms with Crippen molar-refractivity contribution < 1.29 is 28.5 Å². The molecule has 1 aliphatic heterocycles. The average molecular weight is 426 g/mol. The Morgan fingerprint density at radius 3 is 2.23 bits per heavy atom. The Balaban J connectivity index is 0.000000858. The highest BCUT2D eigenvalue weighted by Crippen LogP contribution is 2.46. The zero-order valence-corrected chi connectivity index (χ0v) is 18.4. The van der Waals surface area contributed by atoms with Gasteiger partial charge in [0.2, 0.25) is 0 Å². The van der Waals surface area contributed by atoms with Crippen molar-refractivity contribution >= 4 is 17.0 Å². The lowest BCUT2D eigenvalue weighted by molar-refractivity contribution is 0.158. The molecule has 1 aromatic heterocycles. The lowest BCUT2D eigenvalue weighted by atomic mass is 9.98. The van der Waals surface area contributed by atoms with Gasteiger partial charge < -0.3 is 28.5 Å². The summed E-state index contributed by atoms with van der Waals surface area (Å²) in [6.07, 6.45) is 3.79. The zero-order valence-electron chi connectivity index (χ0n) is 18.4. The van der Waals surface area contributed by atoms with Crippen molar-refractivity contribution in [2.45, 2.75) is 19.4 Å². The van der Waals surface area contributed by atoms with Crippen LogP contribution < -0.4 is 19.8 Å². The number of fused-ring (bicyclic) bond motifs is 2. The van der Waals surface area contributed by atoms with Crippen molar-refractivity contribution in [2.75, 3.05) is 28.4 Å². The molecule has 3 aromatic rings. The molecular weight excluding hydrogens is 400 g/mol. The van der Waals surface area contributed by atoms with Gasteiger partial charge in [-0.1, -0.05) is 12.1 Å². The third-order valence-electron chi connectivity index (χ3n) is 4.73. The molecule has 0 spiro atoms. The molecule has 31 heavy (non-hydrogen) atoms. The summed E-state index contributed by atoms with van der Waals surface area (Å²) in [6.45, 7) is 3.84. The van der Waals surface area contributed by atoms with Crippen LogP contribution in [0.4, 0.5) is 0 Å². The van der Waals surface area contributed by atoms with Crippen LogP contribution in [0.1, 0.15) is 19.4 Å². The van der Waals surface area contributed by atoms with Gasteiger partial charge in [0.1, 0.15) is 45.1 Å². The highest BCUT2D eigenvalue weighted by atomic mass is 16.5. The first-order valence-electron chi connectivity index (χ1n) is 9.59. The van der Waals surface area contributed by atoms with Gasteiger partial charge in [-0.05, 0) is 43.7 Å². The highest BCUT2D eigenvalue weighted by Gasteiger charge is 2.28. The molecule has 0 saturated heterocycles. The molecule has 0 saturated carbocycles. The lowest BCUT2D eigenvalue weighted by Crippen LogP contribution is -2.27. The predicted molar refractivity (Wildman–Crippen MR) is 119 cm³/mol. The predicted octanol–water partition coefficient (Wildman–Crippen LogP) is 4.63. The molecule has 1 aliphatic rings. The van der Waals surface area contributed by atoms with E-state index in [-0.39, 0.29) is 16.9 Å². The van der Waals surface area contributed by atoms with Crippen LogP contribution in [0.5, 0.6) is 23.0 Å². The molecule has 0 bridgehead atoms. The monoisotopic (exact) mass is 426 g/mol. The van der Waals surface area contributed by atoms with Gasteiger partial charge in [-0.2, -0.15) is 0 Å². The smallest absolute Gasteiger partial charge is 0.347 e. The Hall–Kier alpha value is -3.45. The summed E-state index contributed by atoms with van der Waals surface area (Å²) in [5, 5.41) is 11.3. The summed E-state index contributed by atoms with van der Waals surface area (Å²) in [5.74, 6) is 1.35. The summed E-state index contributed by atoms with van der Waals surface area (Å²) in [5.41, 5.74) is 0.302. The number of ether oxygens (including phenoxy) is 4. The fourth-order valence-corrected chi connectivity index (χ4v) is 3.37. The second-order valence-corrected chi connectivity index (χ2v) is 7.48. The van der Waals surface area contributed by atoms with Gasteiger partial charge >= 0.3 is 5.63 Å². The Morgan fingerprint density at radius 2 is 1.65 bits per heavy atom. The third kappa shape index (κ3) is 4.22. The van der Waals surface area contributed by atoms with Gasteiger partial charge in [0.25, 0.3) is 0 Å². The molecular formula is C24H26O7. The second-order valence-electron chi connectivity index (χ2n) is 7.48. The Morgan fingerprint density at radius 1 is 1.00 bits per heavy atom. The van der Waals surface area contributed by atoms with E-state index in [0.717, 1.165) is 0 Å². The molecule has 7 nitrogen and oxygen atoms in total. The number of rotatable bonds is 3. The second kappa shape index (κ2) is 8.73. The zero-order chi connectivity index (χ0) is 22.8.